The van der Waals surface area contributed by atoms with Gasteiger partial charge < -0.3 is 14.4 Å². The Bertz CT molecular complexity index is 672. The summed E-state index contributed by atoms with van der Waals surface area (Å²) in [6, 6.07) is 7.72. The molecule has 5 heteroatoms. The van der Waals surface area contributed by atoms with Gasteiger partial charge in [0.1, 0.15) is 5.82 Å². The van der Waals surface area contributed by atoms with Crippen molar-refractivity contribution in [2.75, 3.05) is 13.1 Å². The summed E-state index contributed by atoms with van der Waals surface area (Å²) in [5.74, 6) is 0.0575. The third-order valence-corrected chi connectivity index (χ3v) is 4.54. The predicted octanol–water partition coefficient (Wildman–Crippen LogP) is 3.31. The van der Waals surface area contributed by atoms with E-state index in [9.17, 15) is 14.3 Å². The van der Waals surface area contributed by atoms with Crippen molar-refractivity contribution in [3.8, 4) is 0 Å². The van der Waals surface area contributed by atoms with Crippen LogP contribution in [0.25, 0.3) is 0 Å². The number of piperidine rings is 1. The topological polar surface area (TPSA) is 53.7 Å². The van der Waals surface area contributed by atoms with Crippen LogP contribution in [0.15, 0.2) is 41.0 Å². The zero-order valence-electron chi connectivity index (χ0n) is 13.0. The highest BCUT2D eigenvalue weighted by Gasteiger charge is 2.30. The van der Waals surface area contributed by atoms with Crippen molar-refractivity contribution >= 4 is 5.91 Å². The fourth-order valence-electron chi connectivity index (χ4n) is 3.09. The molecule has 1 aromatic carbocycles. The summed E-state index contributed by atoms with van der Waals surface area (Å²) in [6.45, 7) is 3.02. The van der Waals surface area contributed by atoms with E-state index < -0.39 is 6.10 Å². The summed E-state index contributed by atoms with van der Waals surface area (Å²) in [5.41, 5.74) is 1.56. The number of likely N-dealkylation sites (tertiary alicyclic amines) is 1. The molecule has 1 aromatic heterocycles. The summed E-state index contributed by atoms with van der Waals surface area (Å²) >= 11 is 0. The van der Waals surface area contributed by atoms with Crippen LogP contribution < -0.4 is 0 Å². The smallest absolute Gasteiger partial charge is 0.289 e. The van der Waals surface area contributed by atoms with E-state index in [0.717, 1.165) is 11.1 Å². The highest BCUT2D eigenvalue weighted by molar-refractivity contribution is 5.92. The van der Waals surface area contributed by atoms with Crippen LogP contribution in [0.4, 0.5) is 4.39 Å². The summed E-state index contributed by atoms with van der Waals surface area (Å²) in [6.07, 6.45) is 2.32. The fraction of sp³-hybridized carbons (Fsp3) is 0.389. The largest absolute Gasteiger partial charge is 0.459 e. The third kappa shape index (κ3) is 3.29. The number of aliphatic hydroxyl groups excluding tert-OH is 1. The van der Waals surface area contributed by atoms with Crippen LogP contribution in [-0.2, 0) is 0 Å². The van der Waals surface area contributed by atoms with E-state index in [1.165, 1.54) is 18.4 Å². The van der Waals surface area contributed by atoms with Crippen LogP contribution in [0.3, 0.4) is 0 Å². The van der Waals surface area contributed by atoms with Crippen LogP contribution in [0.1, 0.15) is 40.6 Å². The van der Waals surface area contributed by atoms with Gasteiger partial charge in [-0.15, -0.1) is 0 Å². The van der Waals surface area contributed by atoms with E-state index in [0.29, 0.717) is 31.7 Å². The minimum absolute atomic E-state index is 0.0715. The molecule has 1 aliphatic heterocycles. The van der Waals surface area contributed by atoms with Gasteiger partial charge in [-0.3, -0.25) is 4.79 Å². The zero-order chi connectivity index (χ0) is 16.4. The molecule has 23 heavy (non-hydrogen) atoms. The molecule has 1 fully saturated rings. The molecule has 0 saturated carbocycles. The molecule has 1 saturated heterocycles. The maximum absolute atomic E-state index is 13.0. The van der Waals surface area contributed by atoms with Gasteiger partial charge in [-0.1, -0.05) is 12.1 Å². The molecule has 122 valence electrons. The first-order chi connectivity index (χ1) is 11.1. The lowest BCUT2D eigenvalue weighted by Gasteiger charge is -2.34. The van der Waals surface area contributed by atoms with Crippen LogP contribution in [-0.4, -0.2) is 29.0 Å². The number of rotatable bonds is 3. The van der Waals surface area contributed by atoms with E-state index in [4.69, 9.17) is 4.42 Å². The first-order valence-corrected chi connectivity index (χ1v) is 7.83. The number of carbonyl (C=O) groups excluding carboxylic acids is 1. The Kier molecular flexibility index (Phi) is 4.48. The van der Waals surface area contributed by atoms with E-state index in [-0.39, 0.29) is 17.6 Å². The quantitative estimate of drug-likeness (QED) is 0.945. The van der Waals surface area contributed by atoms with Crippen molar-refractivity contribution in [2.24, 2.45) is 5.92 Å². The van der Waals surface area contributed by atoms with Gasteiger partial charge in [0.15, 0.2) is 5.76 Å². The number of benzene rings is 1. The number of aliphatic hydroxyl groups is 1. The second kappa shape index (κ2) is 6.54. The highest BCUT2D eigenvalue weighted by Crippen LogP contribution is 2.31. The highest BCUT2D eigenvalue weighted by atomic mass is 19.1. The predicted molar refractivity (Wildman–Crippen MR) is 83.4 cm³/mol. The summed E-state index contributed by atoms with van der Waals surface area (Å²) < 4.78 is 18.2. The average molecular weight is 317 g/mol. The van der Waals surface area contributed by atoms with E-state index in [1.54, 1.807) is 23.1 Å². The SMILES string of the molecule is Cc1ccoc1C(=O)N1CCC(C(O)c2ccc(F)cc2)CC1. The second-order valence-corrected chi connectivity index (χ2v) is 6.06. The van der Waals surface area contributed by atoms with Crippen molar-refractivity contribution in [1.82, 2.24) is 4.90 Å². The first kappa shape index (κ1) is 15.7. The second-order valence-electron chi connectivity index (χ2n) is 6.06. The molecule has 1 atom stereocenters. The van der Waals surface area contributed by atoms with Crippen molar-refractivity contribution in [3.05, 3.63) is 59.3 Å². The van der Waals surface area contributed by atoms with Gasteiger partial charge in [0.25, 0.3) is 5.91 Å². The lowest BCUT2D eigenvalue weighted by molar-refractivity contribution is 0.0441. The number of hydrogen-bond acceptors (Lipinski definition) is 3. The molecule has 0 bridgehead atoms. The monoisotopic (exact) mass is 317 g/mol. The van der Waals surface area contributed by atoms with Gasteiger partial charge in [0.05, 0.1) is 12.4 Å². The van der Waals surface area contributed by atoms with Gasteiger partial charge >= 0.3 is 0 Å². The number of carbonyl (C=O) groups is 1. The number of hydrogen-bond donors (Lipinski definition) is 1. The molecular formula is C18H20FNO3. The number of halogens is 1. The molecule has 0 spiro atoms. The van der Waals surface area contributed by atoms with Crippen molar-refractivity contribution < 1.29 is 18.7 Å². The normalized spacial score (nSPS) is 17.3. The molecule has 1 unspecified atom stereocenters. The third-order valence-electron chi connectivity index (χ3n) is 4.54. The molecule has 1 aliphatic rings. The van der Waals surface area contributed by atoms with Gasteiger partial charge in [-0.05, 0) is 49.4 Å². The van der Waals surface area contributed by atoms with Crippen molar-refractivity contribution in [3.63, 3.8) is 0 Å². The van der Waals surface area contributed by atoms with Gasteiger partial charge in [0.2, 0.25) is 0 Å². The van der Waals surface area contributed by atoms with Crippen LogP contribution in [0, 0.1) is 18.7 Å². The first-order valence-electron chi connectivity index (χ1n) is 7.83. The van der Waals surface area contributed by atoms with E-state index >= 15 is 0 Å². The van der Waals surface area contributed by atoms with Crippen LogP contribution >= 0.6 is 0 Å². The maximum Gasteiger partial charge on any atom is 0.289 e. The Morgan fingerprint density at radius 3 is 2.48 bits per heavy atom. The molecule has 2 heterocycles. The Morgan fingerprint density at radius 1 is 1.26 bits per heavy atom. The lowest BCUT2D eigenvalue weighted by Crippen LogP contribution is -2.39. The summed E-state index contributed by atoms with van der Waals surface area (Å²) in [4.78, 5) is 14.2. The molecule has 0 aliphatic carbocycles. The van der Waals surface area contributed by atoms with Crippen molar-refractivity contribution in [2.45, 2.75) is 25.9 Å². The van der Waals surface area contributed by atoms with Gasteiger partial charge in [0, 0.05) is 18.7 Å². The van der Waals surface area contributed by atoms with E-state index in [1.807, 2.05) is 6.92 Å². The molecule has 0 radical (unpaired) electrons. The Morgan fingerprint density at radius 2 is 1.91 bits per heavy atom. The Balaban J connectivity index is 1.61. The molecular weight excluding hydrogens is 297 g/mol. The van der Waals surface area contributed by atoms with Gasteiger partial charge in [-0.25, -0.2) is 4.39 Å². The Labute approximate surface area is 134 Å². The number of amides is 1. The summed E-state index contributed by atoms with van der Waals surface area (Å²) in [7, 11) is 0. The average Bonchev–Trinajstić information content (AvgIpc) is 3.00. The summed E-state index contributed by atoms with van der Waals surface area (Å²) in [5, 5.41) is 10.4. The molecule has 2 aromatic rings. The minimum atomic E-state index is -0.627. The minimum Gasteiger partial charge on any atom is -0.459 e. The van der Waals surface area contributed by atoms with Gasteiger partial charge in [-0.2, -0.15) is 0 Å². The number of furan rings is 1. The standard InChI is InChI=1S/C18H20FNO3/c1-12-8-11-23-17(12)18(22)20-9-6-14(7-10-20)16(21)13-2-4-15(19)5-3-13/h2-5,8,11,14,16,21H,6-7,9-10H2,1H3. The van der Waals surface area contributed by atoms with E-state index in [2.05, 4.69) is 0 Å². The maximum atomic E-state index is 13.0. The van der Waals surface area contributed by atoms with Crippen LogP contribution in [0.2, 0.25) is 0 Å². The molecule has 3 rings (SSSR count). The molecule has 4 nitrogen and oxygen atoms in total. The van der Waals surface area contributed by atoms with Crippen LogP contribution in [0.5, 0.6) is 0 Å². The number of aryl methyl sites for hydroxylation is 1. The fourth-order valence-corrected chi connectivity index (χ4v) is 3.09. The Hall–Kier alpha value is -2.14. The molecule has 1 N–H and O–H groups in total. The molecule has 1 amide bonds. The lowest BCUT2D eigenvalue weighted by atomic mass is 9.87. The zero-order valence-corrected chi connectivity index (χ0v) is 13.0. The number of nitrogens with zero attached hydrogens (tertiary/aromatic N) is 1. The van der Waals surface area contributed by atoms with Crippen molar-refractivity contribution in [1.29, 1.82) is 0 Å².